The number of carboxylic acids is 1. The van der Waals surface area contributed by atoms with Crippen molar-refractivity contribution in [3.05, 3.63) is 29.8 Å². The Morgan fingerprint density at radius 2 is 1.84 bits per heavy atom. The number of hydrogen-bond donors (Lipinski definition) is 2. The molecule has 7 heteroatoms. The molecule has 0 aromatic heterocycles. The zero-order chi connectivity index (χ0) is 18.4. The van der Waals surface area contributed by atoms with Crippen LogP contribution in [0, 0.1) is 5.92 Å². The summed E-state index contributed by atoms with van der Waals surface area (Å²) < 4.78 is 5.31. The number of anilines is 1. The SMILES string of the molecule is CCC(C(=O)O)C(=O)Nc1ccc(C(=O)N(C)C2CCOCC2)cc1. The van der Waals surface area contributed by atoms with Gasteiger partial charge in [0.15, 0.2) is 0 Å². The lowest BCUT2D eigenvalue weighted by atomic mass is 10.1. The number of carbonyl (C=O) groups excluding carboxylic acids is 2. The van der Waals surface area contributed by atoms with Crippen molar-refractivity contribution in [1.82, 2.24) is 4.90 Å². The second-order valence-electron chi connectivity index (χ2n) is 6.13. The molecule has 0 bridgehead atoms. The summed E-state index contributed by atoms with van der Waals surface area (Å²) in [5.41, 5.74) is 0.993. The van der Waals surface area contributed by atoms with Crippen molar-refractivity contribution >= 4 is 23.5 Å². The Hall–Kier alpha value is -2.41. The molecule has 1 atom stereocenters. The van der Waals surface area contributed by atoms with E-state index in [4.69, 9.17) is 9.84 Å². The van der Waals surface area contributed by atoms with Gasteiger partial charge in [-0.3, -0.25) is 14.4 Å². The maximum Gasteiger partial charge on any atom is 0.316 e. The second-order valence-corrected chi connectivity index (χ2v) is 6.13. The number of carboxylic acid groups (broad SMARTS) is 1. The van der Waals surface area contributed by atoms with Gasteiger partial charge >= 0.3 is 5.97 Å². The number of aliphatic carboxylic acids is 1. The van der Waals surface area contributed by atoms with Crippen molar-refractivity contribution in [3.8, 4) is 0 Å². The zero-order valence-corrected chi connectivity index (χ0v) is 14.5. The number of nitrogens with one attached hydrogen (secondary N) is 1. The normalized spacial score (nSPS) is 16.1. The van der Waals surface area contributed by atoms with E-state index in [0.717, 1.165) is 12.8 Å². The smallest absolute Gasteiger partial charge is 0.316 e. The monoisotopic (exact) mass is 348 g/mol. The van der Waals surface area contributed by atoms with Gasteiger partial charge in [-0.1, -0.05) is 6.92 Å². The molecule has 0 saturated carbocycles. The fraction of sp³-hybridized carbons (Fsp3) is 0.500. The van der Waals surface area contributed by atoms with Crippen LogP contribution in [0.3, 0.4) is 0 Å². The van der Waals surface area contributed by atoms with Gasteiger partial charge in [-0.25, -0.2) is 0 Å². The highest BCUT2D eigenvalue weighted by Gasteiger charge is 2.25. The van der Waals surface area contributed by atoms with Crippen LogP contribution in [0.25, 0.3) is 0 Å². The lowest BCUT2D eigenvalue weighted by molar-refractivity contribution is -0.145. The first kappa shape index (κ1) is 18.9. The molecule has 0 radical (unpaired) electrons. The number of carbonyl (C=O) groups is 3. The van der Waals surface area contributed by atoms with Crippen molar-refractivity contribution in [3.63, 3.8) is 0 Å². The van der Waals surface area contributed by atoms with E-state index >= 15 is 0 Å². The van der Waals surface area contributed by atoms with Crippen LogP contribution >= 0.6 is 0 Å². The van der Waals surface area contributed by atoms with E-state index in [1.807, 2.05) is 0 Å². The number of ether oxygens (including phenoxy) is 1. The highest BCUT2D eigenvalue weighted by Crippen LogP contribution is 2.18. The van der Waals surface area contributed by atoms with Gasteiger partial charge in [0, 0.05) is 37.6 Å². The van der Waals surface area contributed by atoms with E-state index < -0.39 is 17.8 Å². The van der Waals surface area contributed by atoms with Crippen molar-refractivity contribution in [2.45, 2.75) is 32.2 Å². The van der Waals surface area contributed by atoms with Crippen molar-refractivity contribution in [2.75, 3.05) is 25.6 Å². The van der Waals surface area contributed by atoms with Gasteiger partial charge in [-0.05, 0) is 43.5 Å². The second kappa shape index (κ2) is 8.62. The third-order valence-electron chi connectivity index (χ3n) is 4.48. The van der Waals surface area contributed by atoms with Crippen LogP contribution in [0.1, 0.15) is 36.5 Å². The predicted molar refractivity (Wildman–Crippen MR) is 92.4 cm³/mol. The number of amides is 2. The molecule has 1 aromatic carbocycles. The number of hydrogen-bond acceptors (Lipinski definition) is 4. The van der Waals surface area contributed by atoms with Crippen LogP contribution in [0.5, 0.6) is 0 Å². The van der Waals surface area contributed by atoms with Gasteiger partial charge in [-0.2, -0.15) is 0 Å². The van der Waals surface area contributed by atoms with Gasteiger partial charge in [0.2, 0.25) is 5.91 Å². The molecular formula is C18H24N2O5. The summed E-state index contributed by atoms with van der Waals surface area (Å²) in [4.78, 5) is 37.2. The summed E-state index contributed by atoms with van der Waals surface area (Å²) in [6, 6.07) is 6.65. The summed E-state index contributed by atoms with van der Waals surface area (Å²) in [7, 11) is 1.78. The average molecular weight is 348 g/mol. The van der Waals surface area contributed by atoms with Crippen LogP contribution in [0.15, 0.2) is 24.3 Å². The van der Waals surface area contributed by atoms with Gasteiger partial charge in [-0.15, -0.1) is 0 Å². The predicted octanol–water partition coefficient (Wildman–Crippen LogP) is 1.99. The Morgan fingerprint density at radius 3 is 2.36 bits per heavy atom. The average Bonchev–Trinajstić information content (AvgIpc) is 2.62. The van der Waals surface area contributed by atoms with Gasteiger partial charge in [0.1, 0.15) is 5.92 Å². The summed E-state index contributed by atoms with van der Waals surface area (Å²) in [5.74, 6) is -2.87. The van der Waals surface area contributed by atoms with Crippen molar-refractivity contribution in [1.29, 1.82) is 0 Å². The van der Waals surface area contributed by atoms with Gasteiger partial charge in [0.25, 0.3) is 5.91 Å². The molecule has 1 aliphatic heterocycles. The molecule has 0 aliphatic carbocycles. The fourth-order valence-corrected chi connectivity index (χ4v) is 2.84. The molecule has 136 valence electrons. The molecule has 0 spiro atoms. The third kappa shape index (κ3) is 4.79. The first-order valence-corrected chi connectivity index (χ1v) is 8.42. The van der Waals surface area contributed by atoms with Crippen LogP contribution < -0.4 is 5.32 Å². The molecule has 1 heterocycles. The zero-order valence-electron chi connectivity index (χ0n) is 14.5. The molecule has 2 amide bonds. The number of benzene rings is 1. The number of rotatable bonds is 6. The van der Waals surface area contributed by atoms with E-state index in [0.29, 0.717) is 24.5 Å². The first-order valence-electron chi connectivity index (χ1n) is 8.42. The van der Waals surface area contributed by atoms with E-state index in [-0.39, 0.29) is 18.4 Å². The van der Waals surface area contributed by atoms with Crippen LogP contribution in [-0.4, -0.2) is 54.1 Å². The quantitative estimate of drug-likeness (QED) is 0.767. The minimum Gasteiger partial charge on any atom is -0.481 e. The molecule has 7 nitrogen and oxygen atoms in total. The third-order valence-corrected chi connectivity index (χ3v) is 4.48. The molecule has 1 unspecified atom stereocenters. The molecule has 1 aromatic rings. The minimum absolute atomic E-state index is 0.0817. The van der Waals surface area contributed by atoms with Gasteiger partial charge < -0.3 is 20.1 Å². The van der Waals surface area contributed by atoms with Crippen molar-refractivity contribution in [2.24, 2.45) is 5.92 Å². The minimum atomic E-state index is -1.15. The van der Waals surface area contributed by atoms with E-state index in [1.165, 1.54) is 0 Å². The van der Waals surface area contributed by atoms with Crippen molar-refractivity contribution < 1.29 is 24.2 Å². The summed E-state index contributed by atoms with van der Waals surface area (Å²) in [6.07, 6.45) is 1.86. The van der Waals surface area contributed by atoms with Crippen LogP contribution in [0.4, 0.5) is 5.69 Å². The Bertz CT molecular complexity index is 623. The summed E-state index contributed by atoms with van der Waals surface area (Å²) in [6.45, 7) is 2.97. The molecular weight excluding hydrogens is 324 g/mol. The Morgan fingerprint density at radius 1 is 1.24 bits per heavy atom. The largest absolute Gasteiger partial charge is 0.481 e. The fourth-order valence-electron chi connectivity index (χ4n) is 2.84. The highest BCUT2D eigenvalue weighted by molar-refractivity contribution is 6.04. The van der Waals surface area contributed by atoms with E-state index in [9.17, 15) is 14.4 Å². The van der Waals surface area contributed by atoms with Crippen LogP contribution in [-0.2, 0) is 14.3 Å². The summed E-state index contributed by atoms with van der Waals surface area (Å²) in [5, 5.41) is 11.6. The Kier molecular flexibility index (Phi) is 6.52. The topological polar surface area (TPSA) is 95.9 Å². The Labute approximate surface area is 147 Å². The molecule has 1 saturated heterocycles. The van der Waals surface area contributed by atoms with Crippen LogP contribution in [0.2, 0.25) is 0 Å². The lowest BCUT2D eigenvalue weighted by Crippen LogP contribution is -2.40. The van der Waals surface area contributed by atoms with E-state index in [1.54, 1.807) is 43.1 Å². The molecule has 2 rings (SSSR count). The summed E-state index contributed by atoms with van der Waals surface area (Å²) >= 11 is 0. The van der Waals surface area contributed by atoms with E-state index in [2.05, 4.69) is 5.32 Å². The lowest BCUT2D eigenvalue weighted by Gasteiger charge is -2.31. The van der Waals surface area contributed by atoms with Gasteiger partial charge in [0.05, 0.1) is 0 Å². The molecule has 1 aliphatic rings. The maximum atomic E-state index is 12.5. The number of nitrogens with zero attached hydrogens (tertiary/aromatic N) is 1. The molecule has 2 N–H and O–H groups in total. The molecule has 25 heavy (non-hydrogen) atoms. The highest BCUT2D eigenvalue weighted by atomic mass is 16.5. The standard InChI is InChI=1S/C18H24N2O5/c1-3-15(18(23)24)16(21)19-13-6-4-12(5-7-13)17(22)20(2)14-8-10-25-11-9-14/h4-7,14-15H,3,8-11H2,1-2H3,(H,19,21)(H,23,24). The maximum absolute atomic E-state index is 12.5. The Balaban J connectivity index is 2.00. The first-order chi connectivity index (χ1) is 11.9. The molecule has 1 fully saturated rings.